The van der Waals surface area contributed by atoms with Crippen LogP contribution in [0.1, 0.15) is 18.4 Å². The van der Waals surface area contributed by atoms with E-state index in [1.54, 1.807) is 23.3 Å². The van der Waals surface area contributed by atoms with Gasteiger partial charge in [0.15, 0.2) is 5.15 Å². The van der Waals surface area contributed by atoms with Gasteiger partial charge in [0.1, 0.15) is 18.3 Å². The average Bonchev–Trinajstić information content (AvgIpc) is 2.98. The van der Waals surface area contributed by atoms with E-state index >= 15 is 0 Å². The summed E-state index contributed by atoms with van der Waals surface area (Å²) in [4.78, 5) is 3.24. The van der Waals surface area contributed by atoms with Crippen LogP contribution in [-0.4, -0.2) is 40.5 Å². The van der Waals surface area contributed by atoms with E-state index in [9.17, 15) is 5.11 Å². The highest BCUT2D eigenvalue weighted by Gasteiger charge is 2.58. The van der Waals surface area contributed by atoms with Gasteiger partial charge in [-0.2, -0.15) is 10.2 Å². The molecule has 1 aliphatic rings. The van der Waals surface area contributed by atoms with Gasteiger partial charge in [-0.15, -0.1) is 16.7 Å². The molecule has 1 fully saturated rings. The summed E-state index contributed by atoms with van der Waals surface area (Å²) >= 11 is 12.5. The highest BCUT2D eigenvalue weighted by Crippen LogP contribution is 2.53. The van der Waals surface area contributed by atoms with E-state index in [2.05, 4.69) is 20.3 Å². The van der Waals surface area contributed by atoms with Crippen LogP contribution in [0.15, 0.2) is 24.9 Å². The lowest BCUT2D eigenvalue weighted by Crippen LogP contribution is -2.47. The van der Waals surface area contributed by atoms with E-state index < -0.39 is 10.5 Å². The second-order valence-corrected chi connectivity index (χ2v) is 6.20. The molecule has 1 N–H and O–H groups in total. The first kappa shape index (κ1) is 13.7. The Morgan fingerprint density at radius 3 is 2.85 bits per heavy atom. The van der Waals surface area contributed by atoms with Crippen molar-refractivity contribution in [1.29, 1.82) is 0 Å². The quantitative estimate of drug-likeness (QED) is 0.846. The predicted molar refractivity (Wildman–Crippen MR) is 73.5 cm³/mol. The van der Waals surface area contributed by atoms with Gasteiger partial charge < -0.3 is 5.11 Å². The third kappa shape index (κ3) is 2.51. The Morgan fingerprint density at radius 2 is 2.25 bits per heavy atom. The third-order valence-corrected chi connectivity index (χ3v) is 4.70. The molecule has 106 valence electrons. The van der Waals surface area contributed by atoms with Crippen molar-refractivity contribution < 1.29 is 5.11 Å². The summed E-state index contributed by atoms with van der Waals surface area (Å²) in [5.74, 6) is 0. The van der Waals surface area contributed by atoms with E-state index in [1.165, 1.54) is 6.33 Å². The molecule has 0 aliphatic heterocycles. The third-order valence-electron chi connectivity index (χ3n) is 3.65. The molecule has 1 atom stereocenters. The van der Waals surface area contributed by atoms with Crippen LogP contribution in [-0.2, 0) is 13.0 Å². The van der Waals surface area contributed by atoms with Crippen LogP contribution in [0.3, 0.4) is 0 Å². The minimum atomic E-state index is -1.16. The molecular weight excluding hydrogens is 301 g/mol. The first-order valence-corrected chi connectivity index (χ1v) is 6.98. The molecule has 0 aromatic carbocycles. The molecule has 3 rings (SSSR count). The van der Waals surface area contributed by atoms with Crippen LogP contribution < -0.4 is 0 Å². The normalized spacial score (nSPS) is 19.6. The largest absolute Gasteiger partial charge is 0.386 e. The van der Waals surface area contributed by atoms with Crippen LogP contribution in [0, 0.1) is 0 Å². The van der Waals surface area contributed by atoms with Crippen LogP contribution >= 0.6 is 23.2 Å². The van der Waals surface area contributed by atoms with Gasteiger partial charge in [-0.1, -0.05) is 11.6 Å². The van der Waals surface area contributed by atoms with Crippen LogP contribution in [0.5, 0.6) is 0 Å². The molecule has 0 spiro atoms. The van der Waals surface area contributed by atoms with Crippen molar-refractivity contribution in [3.05, 3.63) is 35.6 Å². The molecule has 2 aromatic heterocycles. The van der Waals surface area contributed by atoms with E-state index in [0.717, 1.165) is 18.4 Å². The van der Waals surface area contributed by atoms with E-state index in [-0.39, 0.29) is 11.7 Å². The Hall–Kier alpha value is -1.24. The molecule has 1 aliphatic carbocycles. The second-order valence-electron chi connectivity index (χ2n) is 5.11. The summed E-state index contributed by atoms with van der Waals surface area (Å²) < 4.78 is 1.57. The number of hydrogen-bond donors (Lipinski definition) is 1. The Labute approximate surface area is 125 Å². The Kier molecular flexibility index (Phi) is 3.40. The summed E-state index contributed by atoms with van der Waals surface area (Å²) in [6.07, 6.45) is 6.34. The first-order valence-electron chi connectivity index (χ1n) is 6.22. The number of alkyl halides is 1. The minimum Gasteiger partial charge on any atom is -0.386 e. The maximum absolute atomic E-state index is 11.0. The molecule has 1 saturated carbocycles. The highest BCUT2D eigenvalue weighted by atomic mass is 35.5. The van der Waals surface area contributed by atoms with Gasteiger partial charge in [-0.25, -0.2) is 9.67 Å². The molecular formula is C12H13Cl2N5O. The highest BCUT2D eigenvalue weighted by molar-refractivity contribution is 6.30. The maximum atomic E-state index is 11.0. The SMILES string of the molecule is OC(Cc1ccnnc1Cl)(Cn1cncn1)C1(Cl)CC1. The molecule has 0 amide bonds. The smallest absolute Gasteiger partial charge is 0.154 e. The van der Waals surface area contributed by atoms with E-state index in [4.69, 9.17) is 23.2 Å². The lowest BCUT2D eigenvalue weighted by Gasteiger charge is -2.33. The molecule has 6 nitrogen and oxygen atoms in total. The van der Waals surface area contributed by atoms with Gasteiger partial charge in [-0.3, -0.25) is 0 Å². The summed E-state index contributed by atoms with van der Waals surface area (Å²) in [6, 6.07) is 1.74. The van der Waals surface area contributed by atoms with Crippen molar-refractivity contribution in [3.63, 3.8) is 0 Å². The average molecular weight is 314 g/mol. The fourth-order valence-corrected chi connectivity index (χ4v) is 2.70. The fraction of sp³-hybridized carbons (Fsp3) is 0.500. The number of halogens is 2. The number of aromatic nitrogens is 5. The van der Waals surface area contributed by atoms with Gasteiger partial charge in [0.25, 0.3) is 0 Å². The van der Waals surface area contributed by atoms with Crippen LogP contribution in [0.25, 0.3) is 0 Å². The molecule has 1 unspecified atom stereocenters. The second kappa shape index (κ2) is 4.95. The topological polar surface area (TPSA) is 76.7 Å². The summed E-state index contributed by atoms with van der Waals surface area (Å²) in [5.41, 5.74) is -0.439. The van der Waals surface area contributed by atoms with E-state index in [0.29, 0.717) is 6.42 Å². The van der Waals surface area contributed by atoms with Crippen molar-refractivity contribution >= 4 is 23.2 Å². The Morgan fingerprint density at radius 1 is 1.45 bits per heavy atom. The zero-order chi connectivity index (χ0) is 14.2. The molecule has 8 heteroatoms. The van der Waals surface area contributed by atoms with Crippen molar-refractivity contribution in [2.75, 3.05) is 0 Å². The van der Waals surface area contributed by atoms with Gasteiger partial charge >= 0.3 is 0 Å². The van der Waals surface area contributed by atoms with E-state index in [1.807, 2.05) is 0 Å². The monoisotopic (exact) mass is 313 g/mol. The van der Waals surface area contributed by atoms with Gasteiger partial charge in [0, 0.05) is 12.6 Å². The Balaban J connectivity index is 1.89. The zero-order valence-electron chi connectivity index (χ0n) is 10.6. The molecule has 0 radical (unpaired) electrons. The molecule has 0 saturated heterocycles. The van der Waals surface area contributed by atoms with Crippen LogP contribution in [0.4, 0.5) is 0 Å². The lowest BCUT2D eigenvalue weighted by molar-refractivity contribution is 0.00757. The fourth-order valence-electron chi connectivity index (χ4n) is 2.30. The molecule has 2 heterocycles. The number of rotatable bonds is 5. The van der Waals surface area contributed by atoms with Crippen molar-refractivity contribution in [2.45, 2.75) is 36.3 Å². The summed E-state index contributed by atoms with van der Waals surface area (Å²) in [5, 5.41) is 22.8. The van der Waals surface area contributed by atoms with Gasteiger partial charge in [0.2, 0.25) is 0 Å². The lowest BCUT2D eigenvalue weighted by atomic mass is 9.89. The first-order chi connectivity index (χ1) is 9.52. The van der Waals surface area contributed by atoms with Crippen LogP contribution in [0.2, 0.25) is 5.15 Å². The van der Waals surface area contributed by atoms with Crippen molar-refractivity contribution in [2.24, 2.45) is 0 Å². The minimum absolute atomic E-state index is 0.259. The number of nitrogens with zero attached hydrogens (tertiary/aromatic N) is 5. The maximum Gasteiger partial charge on any atom is 0.154 e. The molecule has 2 aromatic rings. The Bertz CT molecular complexity index is 602. The zero-order valence-corrected chi connectivity index (χ0v) is 12.1. The summed E-state index contributed by atoms with van der Waals surface area (Å²) in [7, 11) is 0. The van der Waals surface area contributed by atoms with Gasteiger partial charge in [0.05, 0.1) is 11.4 Å². The standard InChI is InChI=1S/C12H13Cl2N5O/c13-10-9(1-4-16-18-10)5-12(20,11(14)2-3-11)6-19-8-15-7-17-19/h1,4,7-8,20H,2-3,5-6H2. The number of aliphatic hydroxyl groups is 1. The number of hydrogen-bond acceptors (Lipinski definition) is 5. The molecule has 0 bridgehead atoms. The van der Waals surface area contributed by atoms with Crippen molar-refractivity contribution in [1.82, 2.24) is 25.0 Å². The summed E-state index contributed by atoms with van der Waals surface area (Å²) in [6.45, 7) is 0.259. The molecule has 20 heavy (non-hydrogen) atoms. The van der Waals surface area contributed by atoms with Gasteiger partial charge in [-0.05, 0) is 24.5 Å². The van der Waals surface area contributed by atoms with Crippen molar-refractivity contribution in [3.8, 4) is 0 Å². The predicted octanol–water partition coefficient (Wildman–Crippen LogP) is 1.47.